The Hall–Kier alpha value is -0.610. The molecule has 2 aliphatic rings. The maximum Gasteiger partial charge on any atom is 0.239 e. The second-order valence-corrected chi connectivity index (χ2v) is 5.55. The van der Waals surface area contributed by atoms with Gasteiger partial charge in [0, 0.05) is 19.1 Å². The monoisotopic (exact) mass is 239 g/mol. The van der Waals surface area contributed by atoms with Crippen LogP contribution in [0.4, 0.5) is 0 Å². The molecule has 17 heavy (non-hydrogen) atoms. The molecule has 0 bridgehead atoms. The van der Waals surface area contributed by atoms with E-state index in [1.54, 1.807) is 0 Å². The molecule has 0 aromatic heterocycles. The number of carbonyl (C=O) groups excluding carboxylic acids is 1. The van der Waals surface area contributed by atoms with Crippen LogP contribution >= 0.6 is 0 Å². The summed E-state index contributed by atoms with van der Waals surface area (Å²) >= 11 is 0. The second kappa shape index (κ2) is 5.83. The maximum atomic E-state index is 12.4. The largest absolute Gasteiger partial charge is 0.340 e. The fourth-order valence-electron chi connectivity index (χ4n) is 2.82. The van der Waals surface area contributed by atoms with Crippen LogP contribution in [-0.4, -0.2) is 61.5 Å². The molecular weight excluding hydrogens is 214 g/mol. The first-order chi connectivity index (χ1) is 8.18. The van der Waals surface area contributed by atoms with Gasteiger partial charge in [0.05, 0.1) is 6.04 Å². The average molecular weight is 239 g/mol. The van der Waals surface area contributed by atoms with Crippen LogP contribution in [0, 0.1) is 0 Å². The van der Waals surface area contributed by atoms with Crippen molar-refractivity contribution in [3.8, 4) is 0 Å². The molecule has 0 aliphatic carbocycles. The Morgan fingerprint density at radius 1 is 1.24 bits per heavy atom. The Bertz CT molecular complexity index is 259. The van der Waals surface area contributed by atoms with Crippen LogP contribution < -0.4 is 5.32 Å². The van der Waals surface area contributed by atoms with Crippen molar-refractivity contribution in [1.29, 1.82) is 0 Å². The van der Waals surface area contributed by atoms with E-state index in [0.717, 1.165) is 32.5 Å². The van der Waals surface area contributed by atoms with Gasteiger partial charge in [-0.1, -0.05) is 12.8 Å². The minimum atomic E-state index is 0.0819. The smallest absolute Gasteiger partial charge is 0.239 e. The molecule has 0 saturated carbocycles. The molecule has 98 valence electrons. The van der Waals surface area contributed by atoms with Crippen LogP contribution in [0.5, 0.6) is 0 Å². The lowest BCUT2D eigenvalue weighted by atomic mass is 10.1. The van der Waals surface area contributed by atoms with Crippen molar-refractivity contribution in [2.24, 2.45) is 0 Å². The van der Waals surface area contributed by atoms with Crippen LogP contribution in [0.2, 0.25) is 0 Å². The summed E-state index contributed by atoms with van der Waals surface area (Å²) in [6.07, 6.45) is 5.79. The summed E-state index contributed by atoms with van der Waals surface area (Å²) < 4.78 is 0. The zero-order chi connectivity index (χ0) is 12.3. The van der Waals surface area contributed by atoms with Crippen molar-refractivity contribution in [2.45, 2.75) is 44.2 Å². The van der Waals surface area contributed by atoms with Gasteiger partial charge in [-0.25, -0.2) is 0 Å². The molecular formula is C13H25N3O. The topological polar surface area (TPSA) is 35.6 Å². The summed E-state index contributed by atoms with van der Waals surface area (Å²) in [4.78, 5) is 16.6. The van der Waals surface area contributed by atoms with Crippen molar-refractivity contribution in [2.75, 3.05) is 33.7 Å². The van der Waals surface area contributed by atoms with Crippen molar-refractivity contribution in [1.82, 2.24) is 15.1 Å². The zero-order valence-corrected chi connectivity index (χ0v) is 11.1. The zero-order valence-electron chi connectivity index (χ0n) is 11.1. The van der Waals surface area contributed by atoms with Crippen molar-refractivity contribution >= 4 is 5.91 Å². The van der Waals surface area contributed by atoms with Crippen LogP contribution in [0.1, 0.15) is 32.1 Å². The third-order valence-corrected chi connectivity index (χ3v) is 4.06. The molecule has 2 aliphatic heterocycles. The minimum absolute atomic E-state index is 0.0819. The molecule has 0 radical (unpaired) electrons. The van der Waals surface area contributed by atoms with Gasteiger partial charge in [0.1, 0.15) is 0 Å². The van der Waals surface area contributed by atoms with Gasteiger partial charge in [0.25, 0.3) is 0 Å². The summed E-state index contributed by atoms with van der Waals surface area (Å²) in [5.74, 6) is 0.330. The van der Waals surface area contributed by atoms with Gasteiger partial charge in [-0.3, -0.25) is 4.79 Å². The molecule has 4 nitrogen and oxygen atoms in total. The first-order valence-electron chi connectivity index (χ1n) is 6.87. The van der Waals surface area contributed by atoms with Gasteiger partial charge in [0.2, 0.25) is 5.91 Å². The van der Waals surface area contributed by atoms with Crippen LogP contribution in [0.25, 0.3) is 0 Å². The van der Waals surface area contributed by atoms with Crippen molar-refractivity contribution in [3.05, 3.63) is 0 Å². The van der Waals surface area contributed by atoms with Gasteiger partial charge in [-0.15, -0.1) is 0 Å². The number of amides is 1. The number of nitrogens with one attached hydrogen (secondary N) is 1. The van der Waals surface area contributed by atoms with E-state index in [1.807, 2.05) is 4.90 Å². The number of hydrogen-bond acceptors (Lipinski definition) is 3. The Morgan fingerprint density at radius 3 is 2.76 bits per heavy atom. The highest BCUT2D eigenvalue weighted by atomic mass is 16.2. The molecule has 4 heteroatoms. The highest BCUT2D eigenvalue weighted by molar-refractivity contribution is 5.82. The molecule has 2 heterocycles. The molecule has 2 saturated heterocycles. The third-order valence-electron chi connectivity index (χ3n) is 4.06. The summed E-state index contributed by atoms with van der Waals surface area (Å²) in [6.45, 7) is 2.84. The standard InChI is InChI=1S/C13H25N3O/c1-15(2)11-7-9-16(10-11)13(17)12-6-4-3-5-8-14-12/h11-12,14H,3-10H2,1-2H3. The normalized spacial score (nSPS) is 30.6. The molecule has 0 aromatic rings. The molecule has 2 rings (SSSR count). The first kappa shape index (κ1) is 12.8. The van der Waals surface area contributed by atoms with Gasteiger partial charge >= 0.3 is 0 Å². The molecule has 0 spiro atoms. The number of likely N-dealkylation sites (tertiary alicyclic amines) is 1. The summed E-state index contributed by atoms with van der Waals surface area (Å²) in [5, 5.41) is 3.40. The fraction of sp³-hybridized carbons (Fsp3) is 0.923. The lowest BCUT2D eigenvalue weighted by Crippen LogP contribution is -2.46. The van der Waals surface area contributed by atoms with E-state index >= 15 is 0 Å². The maximum absolute atomic E-state index is 12.4. The summed E-state index contributed by atoms with van der Waals surface area (Å²) in [5.41, 5.74) is 0. The Morgan fingerprint density at radius 2 is 2.06 bits per heavy atom. The van der Waals surface area contributed by atoms with Gasteiger partial charge in [0.15, 0.2) is 0 Å². The molecule has 2 unspecified atom stereocenters. The summed E-state index contributed by atoms with van der Waals surface area (Å²) in [7, 11) is 4.20. The van der Waals surface area contributed by atoms with Crippen LogP contribution in [0.3, 0.4) is 0 Å². The van der Waals surface area contributed by atoms with Crippen molar-refractivity contribution < 1.29 is 4.79 Å². The highest BCUT2D eigenvalue weighted by Crippen LogP contribution is 2.17. The average Bonchev–Trinajstić information content (AvgIpc) is 2.65. The van der Waals surface area contributed by atoms with Crippen LogP contribution in [-0.2, 0) is 4.79 Å². The van der Waals surface area contributed by atoms with Crippen LogP contribution in [0.15, 0.2) is 0 Å². The number of hydrogen-bond donors (Lipinski definition) is 1. The number of rotatable bonds is 2. The first-order valence-corrected chi connectivity index (χ1v) is 6.87. The number of likely N-dealkylation sites (N-methyl/N-ethyl adjacent to an activating group) is 1. The van der Waals surface area contributed by atoms with E-state index in [4.69, 9.17) is 0 Å². The lowest BCUT2D eigenvalue weighted by molar-refractivity contribution is -0.132. The quantitative estimate of drug-likeness (QED) is 0.770. The van der Waals surface area contributed by atoms with E-state index in [-0.39, 0.29) is 6.04 Å². The molecule has 1 amide bonds. The summed E-state index contributed by atoms with van der Waals surface area (Å²) in [6, 6.07) is 0.628. The molecule has 2 fully saturated rings. The fourth-order valence-corrected chi connectivity index (χ4v) is 2.82. The van der Waals surface area contributed by atoms with Gasteiger partial charge in [-0.2, -0.15) is 0 Å². The van der Waals surface area contributed by atoms with E-state index in [0.29, 0.717) is 11.9 Å². The predicted octanol–water partition coefficient (Wildman–Crippen LogP) is 0.681. The number of nitrogens with zero attached hydrogens (tertiary/aromatic N) is 2. The minimum Gasteiger partial charge on any atom is -0.340 e. The second-order valence-electron chi connectivity index (χ2n) is 5.55. The van der Waals surface area contributed by atoms with Gasteiger partial charge in [-0.05, 0) is 39.9 Å². The van der Waals surface area contributed by atoms with E-state index < -0.39 is 0 Å². The molecule has 1 N–H and O–H groups in total. The predicted molar refractivity (Wildman–Crippen MR) is 68.9 cm³/mol. The molecule has 2 atom stereocenters. The molecule has 0 aromatic carbocycles. The lowest BCUT2D eigenvalue weighted by Gasteiger charge is -2.24. The van der Waals surface area contributed by atoms with Gasteiger partial charge < -0.3 is 15.1 Å². The Balaban J connectivity index is 1.87. The van der Waals surface area contributed by atoms with E-state index in [2.05, 4.69) is 24.3 Å². The van der Waals surface area contributed by atoms with Crippen molar-refractivity contribution in [3.63, 3.8) is 0 Å². The van der Waals surface area contributed by atoms with E-state index in [9.17, 15) is 4.79 Å². The number of carbonyl (C=O) groups is 1. The third kappa shape index (κ3) is 3.19. The van der Waals surface area contributed by atoms with E-state index in [1.165, 1.54) is 19.3 Å². The SMILES string of the molecule is CN(C)C1CCN(C(=O)C2CCCCCN2)C1. The Labute approximate surface area is 104 Å². The Kier molecular flexibility index (Phi) is 4.40. The highest BCUT2D eigenvalue weighted by Gasteiger charge is 2.31.